The third kappa shape index (κ3) is 15.7. The SMILES string of the molecule is C=C(c1ccc(C)cc1)C(F)(F)F.CC.CC.CC1CCOC[C@@H]1C.CCC. The summed E-state index contributed by atoms with van der Waals surface area (Å²) in [6.07, 6.45) is -1.84. The van der Waals surface area contributed by atoms with Gasteiger partial charge in [-0.25, -0.2) is 0 Å². The lowest BCUT2D eigenvalue weighted by atomic mass is 9.92. The van der Waals surface area contributed by atoms with Crippen LogP contribution in [0, 0.1) is 18.8 Å². The molecule has 0 aliphatic carbocycles. The molecule has 0 saturated carbocycles. The van der Waals surface area contributed by atoms with Crippen LogP contribution in [0.2, 0.25) is 0 Å². The van der Waals surface area contributed by atoms with Crippen molar-refractivity contribution >= 4 is 5.57 Å². The minimum atomic E-state index is -4.34. The molecule has 1 aliphatic heterocycles. The summed E-state index contributed by atoms with van der Waals surface area (Å²) in [6, 6.07) is 6.11. The predicted molar refractivity (Wildman–Crippen MR) is 119 cm³/mol. The lowest BCUT2D eigenvalue weighted by Gasteiger charge is -2.24. The first kappa shape index (κ1) is 31.4. The molecule has 4 heteroatoms. The van der Waals surface area contributed by atoms with Crippen molar-refractivity contribution < 1.29 is 17.9 Å². The maximum absolute atomic E-state index is 12.1. The number of benzene rings is 1. The first-order valence-corrected chi connectivity index (χ1v) is 10.5. The third-order valence-electron chi connectivity index (χ3n) is 3.81. The topological polar surface area (TPSA) is 9.23 Å². The molecule has 0 radical (unpaired) electrons. The van der Waals surface area contributed by atoms with E-state index >= 15 is 0 Å². The Morgan fingerprint density at radius 3 is 1.71 bits per heavy atom. The van der Waals surface area contributed by atoms with E-state index in [1.807, 2.05) is 34.6 Å². The Morgan fingerprint density at radius 2 is 1.43 bits per heavy atom. The van der Waals surface area contributed by atoms with Gasteiger partial charge in [-0.15, -0.1) is 0 Å². The first-order chi connectivity index (χ1) is 13.1. The molecule has 0 amide bonds. The second-order valence-corrected chi connectivity index (χ2v) is 6.37. The Balaban J connectivity index is -0.000000356. The van der Waals surface area contributed by atoms with Gasteiger partial charge in [0.25, 0.3) is 0 Å². The fourth-order valence-corrected chi connectivity index (χ4v) is 1.91. The number of rotatable bonds is 1. The minimum Gasteiger partial charge on any atom is -0.381 e. The van der Waals surface area contributed by atoms with Crippen molar-refractivity contribution in [3.63, 3.8) is 0 Å². The van der Waals surface area contributed by atoms with Crippen molar-refractivity contribution in [3.8, 4) is 0 Å². The van der Waals surface area contributed by atoms with E-state index in [9.17, 15) is 13.2 Å². The van der Waals surface area contributed by atoms with Gasteiger partial charge in [0.2, 0.25) is 0 Å². The van der Waals surface area contributed by atoms with Crippen LogP contribution in [0.25, 0.3) is 5.57 Å². The van der Waals surface area contributed by atoms with Crippen LogP contribution in [0.5, 0.6) is 0 Å². The second-order valence-electron chi connectivity index (χ2n) is 6.37. The molecule has 0 aromatic heterocycles. The van der Waals surface area contributed by atoms with E-state index in [2.05, 4.69) is 34.3 Å². The number of allylic oxidation sites excluding steroid dienone is 1. The summed E-state index contributed by atoms with van der Waals surface area (Å²) in [6.45, 7) is 23.6. The quantitative estimate of drug-likeness (QED) is 0.455. The molecule has 1 unspecified atom stereocenters. The second kappa shape index (κ2) is 19.0. The number of hydrogen-bond donors (Lipinski definition) is 0. The van der Waals surface area contributed by atoms with Gasteiger partial charge in [-0.1, -0.05) is 98.2 Å². The molecule has 2 rings (SSSR count). The summed E-state index contributed by atoms with van der Waals surface area (Å²) in [5, 5.41) is 0. The minimum absolute atomic E-state index is 0.123. The van der Waals surface area contributed by atoms with E-state index in [1.165, 1.54) is 25.0 Å². The van der Waals surface area contributed by atoms with Crippen LogP contribution in [-0.2, 0) is 4.74 Å². The van der Waals surface area contributed by atoms with Gasteiger partial charge in [0.1, 0.15) is 0 Å². The average molecular weight is 405 g/mol. The number of ether oxygens (including phenoxy) is 1. The summed E-state index contributed by atoms with van der Waals surface area (Å²) in [4.78, 5) is 0. The largest absolute Gasteiger partial charge is 0.416 e. The fourth-order valence-electron chi connectivity index (χ4n) is 1.91. The fraction of sp³-hybridized carbons (Fsp3) is 0.667. The Hall–Kier alpha value is -1.29. The van der Waals surface area contributed by atoms with Crippen LogP contribution in [0.4, 0.5) is 13.2 Å². The van der Waals surface area contributed by atoms with Crippen molar-refractivity contribution in [3.05, 3.63) is 42.0 Å². The van der Waals surface area contributed by atoms with Gasteiger partial charge in [0.15, 0.2) is 0 Å². The Morgan fingerprint density at radius 1 is 1.00 bits per heavy atom. The van der Waals surface area contributed by atoms with Crippen molar-refractivity contribution in [1.82, 2.24) is 0 Å². The normalized spacial score (nSPS) is 17.7. The summed E-state index contributed by atoms with van der Waals surface area (Å²) in [5.74, 6) is 1.66. The Bertz CT molecular complexity index is 454. The van der Waals surface area contributed by atoms with Crippen LogP contribution >= 0.6 is 0 Å². The smallest absolute Gasteiger partial charge is 0.381 e. The molecule has 0 spiro atoms. The molecular formula is C24H43F3O. The van der Waals surface area contributed by atoms with Crippen LogP contribution in [0.15, 0.2) is 30.8 Å². The lowest BCUT2D eigenvalue weighted by molar-refractivity contribution is -0.0686. The van der Waals surface area contributed by atoms with Gasteiger partial charge < -0.3 is 4.74 Å². The van der Waals surface area contributed by atoms with Gasteiger partial charge >= 0.3 is 6.18 Å². The molecule has 1 fully saturated rings. The third-order valence-corrected chi connectivity index (χ3v) is 3.81. The van der Waals surface area contributed by atoms with Crippen molar-refractivity contribution in [2.45, 2.75) is 81.3 Å². The van der Waals surface area contributed by atoms with E-state index in [0.29, 0.717) is 0 Å². The van der Waals surface area contributed by atoms with Gasteiger partial charge in [-0.3, -0.25) is 0 Å². The van der Waals surface area contributed by atoms with E-state index in [4.69, 9.17) is 4.74 Å². The molecule has 1 saturated heterocycles. The van der Waals surface area contributed by atoms with Crippen LogP contribution in [0.1, 0.15) is 79.4 Å². The summed E-state index contributed by atoms with van der Waals surface area (Å²) < 4.78 is 41.7. The molecule has 1 aromatic rings. The van der Waals surface area contributed by atoms with E-state index in [-0.39, 0.29) is 5.56 Å². The maximum atomic E-state index is 12.1. The number of halogens is 3. The highest BCUT2D eigenvalue weighted by atomic mass is 19.4. The summed E-state index contributed by atoms with van der Waals surface area (Å²) in [5.41, 5.74) is 0.254. The zero-order valence-corrected chi connectivity index (χ0v) is 19.5. The molecular weight excluding hydrogens is 361 g/mol. The molecule has 1 heterocycles. The molecule has 1 aliphatic rings. The van der Waals surface area contributed by atoms with E-state index in [1.54, 1.807) is 12.1 Å². The summed E-state index contributed by atoms with van der Waals surface area (Å²) >= 11 is 0. The Kier molecular flexibility index (Phi) is 21.4. The predicted octanol–water partition coefficient (Wildman–Crippen LogP) is 8.72. The highest BCUT2D eigenvalue weighted by Crippen LogP contribution is 2.31. The molecule has 1 aromatic carbocycles. The van der Waals surface area contributed by atoms with E-state index < -0.39 is 11.7 Å². The van der Waals surface area contributed by atoms with Crippen LogP contribution in [-0.4, -0.2) is 19.4 Å². The maximum Gasteiger partial charge on any atom is 0.416 e. The molecule has 2 atom stereocenters. The highest BCUT2D eigenvalue weighted by Gasteiger charge is 2.32. The van der Waals surface area contributed by atoms with Gasteiger partial charge in [0, 0.05) is 13.2 Å². The van der Waals surface area contributed by atoms with Gasteiger partial charge in [-0.2, -0.15) is 13.2 Å². The molecule has 166 valence electrons. The van der Waals surface area contributed by atoms with Crippen LogP contribution < -0.4 is 0 Å². The number of alkyl halides is 3. The average Bonchev–Trinajstić information content (AvgIpc) is 2.68. The Labute approximate surface area is 172 Å². The van der Waals surface area contributed by atoms with E-state index in [0.717, 1.165) is 30.6 Å². The zero-order valence-electron chi connectivity index (χ0n) is 19.5. The van der Waals surface area contributed by atoms with Gasteiger partial charge in [-0.05, 0) is 30.7 Å². The number of hydrogen-bond acceptors (Lipinski definition) is 1. The first-order valence-electron chi connectivity index (χ1n) is 10.5. The highest BCUT2D eigenvalue weighted by molar-refractivity contribution is 5.67. The summed E-state index contributed by atoms with van der Waals surface area (Å²) in [7, 11) is 0. The molecule has 0 N–H and O–H groups in total. The molecule has 0 bridgehead atoms. The van der Waals surface area contributed by atoms with Crippen LogP contribution in [0.3, 0.4) is 0 Å². The van der Waals surface area contributed by atoms with Crippen molar-refractivity contribution in [2.75, 3.05) is 13.2 Å². The standard InChI is InChI=1S/C10H9F3.C7H14O.C3H8.2C2H6/c1-7-3-5-9(6-4-7)8(2)10(11,12)13;1-6-3-4-8-5-7(6)2;1-3-2;2*1-2/h3-6H,2H2,1H3;6-7H,3-5H2,1-2H3;3H2,1-2H3;2*1-2H3/t;6?,7-;;;/m.0.../s1. The van der Waals surface area contributed by atoms with Crippen molar-refractivity contribution in [1.29, 1.82) is 0 Å². The monoisotopic (exact) mass is 404 g/mol. The van der Waals surface area contributed by atoms with Crippen molar-refractivity contribution in [2.24, 2.45) is 11.8 Å². The molecule has 28 heavy (non-hydrogen) atoms. The molecule has 1 nitrogen and oxygen atoms in total. The van der Waals surface area contributed by atoms with Gasteiger partial charge in [0.05, 0.1) is 5.57 Å². The number of aryl methyl sites for hydroxylation is 1. The zero-order chi connectivity index (χ0) is 22.8. The lowest BCUT2D eigenvalue weighted by Crippen LogP contribution is -2.22.